The summed E-state index contributed by atoms with van der Waals surface area (Å²) >= 11 is 0. The van der Waals surface area contributed by atoms with Crippen molar-refractivity contribution in [1.29, 1.82) is 0 Å². The van der Waals surface area contributed by atoms with Gasteiger partial charge in [-0.3, -0.25) is 0 Å². The lowest BCUT2D eigenvalue weighted by molar-refractivity contribution is 0.486. The Morgan fingerprint density at radius 2 is 1.80 bits per heavy atom. The average molecular weight is 269 g/mol. The van der Waals surface area contributed by atoms with E-state index in [0.717, 1.165) is 6.54 Å². The predicted molar refractivity (Wildman–Crippen MR) is 80.1 cm³/mol. The van der Waals surface area contributed by atoms with Crippen molar-refractivity contribution in [2.24, 2.45) is 5.92 Å². The minimum absolute atomic E-state index is 0.167. The highest BCUT2D eigenvalue weighted by molar-refractivity contribution is 5.30. The van der Waals surface area contributed by atoms with E-state index in [4.69, 9.17) is 0 Å². The van der Waals surface area contributed by atoms with Gasteiger partial charge in [-0.2, -0.15) is 0 Å². The summed E-state index contributed by atoms with van der Waals surface area (Å²) in [6.07, 6.45) is 1.21. The molecule has 2 aromatic rings. The van der Waals surface area contributed by atoms with E-state index in [-0.39, 0.29) is 5.82 Å². The smallest absolute Gasteiger partial charge is 0.123 e. The van der Waals surface area contributed by atoms with Gasteiger partial charge in [-0.15, -0.1) is 0 Å². The third-order valence-electron chi connectivity index (χ3n) is 4.15. The first kappa shape index (κ1) is 13.3. The molecule has 0 saturated heterocycles. The summed E-state index contributed by atoms with van der Waals surface area (Å²) in [5.74, 6) is 1.08. The van der Waals surface area contributed by atoms with Crippen molar-refractivity contribution < 1.29 is 4.39 Å². The zero-order chi connectivity index (χ0) is 13.9. The van der Waals surface area contributed by atoms with Gasteiger partial charge < -0.3 is 5.32 Å². The first-order valence-electron chi connectivity index (χ1n) is 7.33. The third kappa shape index (κ3) is 2.75. The molecule has 0 bridgehead atoms. The molecule has 3 rings (SSSR count). The third-order valence-corrected chi connectivity index (χ3v) is 4.15. The van der Waals surface area contributed by atoms with Crippen LogP contribution in [0.2, 0.25) is 0 Å². The zero-order valence-corrected chi connectivity index (χ0v) is 11.7. The molecule has 1 aliphatic carbocycles. The monoisotopic (exact) mass is 269 g/mol. The van der Waals surface area contributed by atoms with E-state index in [1.165, 1.54) is 17.5 Å². The Morgan fingerprint density at radius 1 is 1.10 bits per heavy atom. The minimum Gasteiger partial charge on any atom is -0.310 e. The fourth-order valence-corrected chi connectivity index (χ4v) is 3.07. The van der Waals surface area contributed by atoms with Gasteiger partial charge in [0.1, 0.15) is 5.82 Å². The molecular formula is C18H20FN. The van der Waals surface area contributed by atoms with Gasteiger partial charge in [0.25, 0.3) is 0 Å². The first-order valence-corrected chi connectivity index (χ1v) is 7.33. The van der Waals surface area contributed by atoms with Gasteiger partial charge in [-0.05, 0) is 48.1 Å². The Hall–Kier alpha value is -1.67. The van der Waals surface area contributed by atoms with Crippen LogP contribution >= 0.6 is 0 Å². The number of nitrogens with one attached hydrogen (secondary N) is 1. The van der Waals surface area contributed by atoms with Crippen molar-refractivity contribution in [2.45, 2.75) is 25.3 Å². The molecule has 1 aliphatic rings. The lowest BCUT2D eigenvalue weighted by Gasteiger charge is -2.18. The molecule has 2 aromatic carbocycles. The van der Waals surface area contributed by atoms with Crippen molar-refractivity contribution in [2.75, 3.05) is 6.54 Å². The van der Waals surface area contributed by atoms with Crippen molar-refractivity contribution in [3.63, 3.8) is 0 Å². The minimum atomic E-state index is -0.167. The van der Waals surface area contributed by atoms with Crippen LogP contribution in [0, 0.1) is 11.7 Å². The van der Waals surface area contributed by atoms with Crippen molar-refractivity contribution in [3.05, 3.63) is 71.5 Å². The van der Waals surface area contributed by atoms with E-state index in [0.29, 0.717) is 17.9 Å². The molecule has 0 heterocycles. The molecule has 3 atom stereocenters. The second-order valence-electron chi connectivity index (χ2n) is 5.50. The van der Waals surface area contributed by atoms with E-state index in [1.54, 1.807) is 12.1 Å². The molecule has 0 spiro atoms. The lowest BCUT2D eigenvalue weighted by atomic mass is 9.98. The summed E-state index contributed by atoms with van der Waals surface area (Å²) in [5.41, 5.74) is 2.61. The summed E-state index contributed by atoms with van der Waals surface area (Å²) in [5, 5.41) is 3.56. The van der Waals surface area contributed by atoms with Crippen LogP contribution in [0.4, 0.5) is 4.39 Å². The SMILES string of the molecule is CCNC(c1ccc(F)cc1)C1CC1c1ccccc1. The molecule has 0 aliphatic heterocycles. The summed E-state index contributed by atoms with van der Waals surface area (Å²) in [7, 11) is 0. The van der Waals surface area contributed by atoms with E-state index in [9.17, 15) is 4.39 Å². The maximum Gasteiger partial charge on any atom is 0.123 e. The largest absolute Gasteiger partial charge is 0.310 e. The second kappa shape index (κ2) is 5.76. The van der Waals surface area contributed by atoms with E-state index in [1.807, 2.05) is 12.1 Å². The van der Waals surface area contributed by atoms with Gasteiger partial charge in [0, 0.05) is 6.04 Å². The van der Waals surface area contributed by atoms with Crippen molar-refractivity contribution >= 4 is 0 Å². The van der Waals surface area contributed by atoms with Gasteiger partial charge >= 0.3 is 0 Å². The highest BCUT2D eigenvalue weighted by Crippen LogP contribution is 2.53. The molecular weight excluding hydrogens is 249 g/mol. The number of rotatable bonds is 5. The normalized spacial score (nSPS) is 22.5. The number of hydrogen-bond donors (Lipinski definition) is 1. The van der Waals surface area contributed by atoms with Gasteiger partial charge in [0.2, 0.25) is 0 Å². The molecule has 20 heavy (non-hydrogen) atoms. The second-order valence-corrected chi connectivity index (χ2v) is 5.50. The van der Waals surface area contributed by atoms with Gasteiger partial charge in [-0.1, -0.05) is 49.4 Å². The summed E-state index contributed by atoms with van der Waals surface area (Å²) in [6.45, 7) is 3.05. The standard InChI is InChI=1S/C18H20FN/c1-2-20-18(14-8-10-15(19)11-9-14)17-12-16(17)13-6-4-3-5-7-13/h3-11,16-18,20H,2,12H2,1H3. The van der Waals surface area contributed by atoms with Crippen molar-refractivity contribution in [1.82, 2.24) is 5.32 Å². The lowest BCUT2D eigenvalue weighted by Crippen LogP contribution is -2.23. The van der Waals surface area contributed by atoms with Crippen LogP contribution in [0.1, 0.15) is 36.4 Å². The highest BCUT2D eigenvalue weighted by atomic mass is 19.1. The molecule has 0 radical (unpaired) electrons. The molecule has 3 unspecified atom stereocenters. The number of benzene rings is 2. The van der Waals surface area contributed by atoms with Crippen LogP contribution in [0.3, 0.4) is 0 Å². The fraction of sp³-hybridized carbons (Fsp3) is 0.333. The molecule has 1 N–H and O–H groups in total. The van der Waals surface area contributed by atoms with Gasteiger partial charge in [0.05, 0.1) is 0 Å². The van der Waals surface area contributed by atoms with Crippen LogP contribution in [0.25, 0.3) is 0 Å². The van der Waals surface area contributed by atoms with E-state index >= 15 is 0 Å². The maximum absolute atomic E-state index is 13.1. The van der Waals surface area contributed by atoms with Crippen LogP contribution in [-0.4, -0.2) is 6.54 Å². The van der Waals surface area contributed by atoms with Crippen LogP contribution in [0.5, 0.6) is 0 Å². The topological polar surface area (TPSA) is 12.0 Å². The van der Waals surface area contributed by atoms with Crippen LogP contribution in [-0.2, 0) is 0 Å². The molecule has 1 nitrogen and oxygen atoms in total. The van der Waals surface area contributed by atoms with E-state index < -0.39 is 0 Å². The van der Waals surface area contributed by atoms with Gasteiger partial charge in [-0.25, -0.2) is 4.39 Å². The Labute approximate surface area is 119 Å². The number of hydrogen-bond acceptors (Lipinski definition) is 1. The zero-order valence-electron chi connectivity index (χ0n) is 11.7. The van der Waals surface area contributed by atoms with Gasteiger partial charge in [0.15, 0.2) is 0 Å². The molecule has 104 valence electrons. The first-order chi connectivity index (χ1) is 9.79. The Balaban J connectivity index is 1.78. The summed E-state index contributed by atoms with van der Waals surface area (Å²) in [6, 6.07) is 17.9. The van der Waals surface area contributed by atoms with Crippen LogP contribution < -0.4 is 5.32 Å². The molecule has 0 aromatic heterocycles. The quantitative estimate of drug-likeness (QED) is 0.854. The Morgan fingerprint density at radius 3 is 2.45 bits per heavy atom. The van der Waals surface area contributed by atoms with Crippen LogP contribution in [0.15, 0.2) is 54.6 Å². The Kier molecular flexibility index (Phi) is 3.83. The predicted octanol–water partition coefficient (Wildman–Crippen LogP) is 4.28. The molecule has 1 fully saturated rings. The molecule has 1 saturated carbocycles. The highest BCUT2D eigenvalue weighted by Gasteiger charge is 2.43. The van der Waals surface area contributed by atoms with E-state index in [2.05, 4.69) is 42.6 Å². The Bertz CT molecular complexity index is 549. The molecule has 2 heteroatoms. The number of halogens is 1. The fourth-order valence-electron chi connectivity index (χ4n) is 3.07. The molecule has 0 amide bonds. The average Bonchev–Trinajstić information content (AvgIpc) is 3.27. The maximum atomic E-state index is 13.1. The summed E-state index contributed by atoms with van der Waals surface area (Å²) in [4.78, 5) is 0. The summed E-state index contributed by atoms with van der Waals surface area (Å²) < 4.78 is 13.1. The van der Waals surface area contributed by atoms with Crippen molar-refractivity contribution in [3.8, 4) is 0 Å².